The summed E-state index contributed by atoms with van der Waals surface area (Å²) in [6.07, 6.45) is 3.21. The van der Waals surface area contributed by atoms with Crippen molar-refractivity contribution in [2.24, 2.45) is 5.10 Å². The number of para-hydroxylation sites is 1. The largest absolute Gasteiger partial charge is 0.485 e. The minimum Gasteiger partial charge on any atom is -0.485 e. The second-order valence-electron chi connectivity index (χ2n) is 4.99. The van der Waals surface area contributed by atoms with Crippen molar-refractivity contribution in [1.82, 2.24) is 14.9 Å². The first-order valence-corrected chi connectivity index (χ1v) is 8.59. The third-order valence-corrected chi connectivity index (χ3v) is 4.04. The maximum atomic E-state index is 5.77. The van der Waals surface area contributed by atoms with Gasteiger partial charge in [-0.05, 0) is 36.4 Å². The van der Waals surface area contributed by atoms with Crippen molar-refractivity contribution in [2.45, 2.75) is 25.6 Å². The van der Waals surface area contributed by atoms with Crippen molar-refractivity contribution in [2.75, 3.05) is 5.75 Å². The number of hydrogen-bond donors (Lipinski definition) is 0. The molecule has 0 saturated carbocycles. The van der Waals surface area contributed by atoms with Crippen LogP contribution in [0.2, 0.25) is 0 Å². The van der Waals surface area contributed by atoms with Crippen molar-refractivity contribution in [3.8, 4) is 5.75 Å². The van der Waals surface area contributed by atoms with E-state index < -0.39 is 0 Å². The zero-order valence-corrected chi connectivity index (χ0v) is 14.4. The fraction of sp³-hybridized carbons (Fsp3) is 0.235. The minimum absolute atomic E-state index is 0.377. The van der Waals surface area contributed by atoms with Crippen LogP contribution in [0.3, 0.4) is 0 Å². The van der Waals surface area contributed by atoms with E-state index in [9.17, 15) is 0 Å². The number of nitrogens with zero attached hydrogens (tertiary/aromatic N) is 4. The first-order valence-electron chi connectivity index (χ1n) is 7.60. The molecule has 0 bridgehead atoms. The molecule has 0 fully saturated rings. The monoisotopic (exact) mass is 342 g/mol. The van der Waals surface area contributed by atoms with Gasteiger partial charge in [-0.2, -0.15) is 9.78 Å². The number of hydrogen-bond acceptors (Lipinski definition) is 6. The average molecular weight is 342 g/mol. The Morgan fingerprint density at radius 3 is 3.00 bits per heavy atom. The summed E-state index contributed by atoms with van der Waals surface area (Å²) in [6.45, 7) is 4.45. The van der Waals surface area contributed by atoms with Crippen LogP contribution in [0.25, 0.3) is 0 Å². The molecule has 6 nitrogen and oxygen atoms in total. The van der Waals surface area contributed by atoms with E-state index in [2.05, 4.69) is 22.2 Å². The molecule has 0 aliphatic carbocycles. The normalized spacial score (nSPS) is 11.2. The summed E-state index contributed by atoms with van der Waals surface area (Å²) < 4.78 is 13.1. The average Bonchev–Trinajstić information content (AvgIpc) is 3.22. The second kappa shape index (κ2) is 7.83. The van der Waals surface area contributed by atoms with Gasteiger partial charge in [0.1, 0.15) is 30.2 Å². The van der Waals surface area contributed by atoms with Crippen LogP contribution in [0.1, 0.15) is 24.0 Å². The van der Waals surface area contributed by atoms with Gasteiger partial charge in [0.2, 0.25) is 5.16 Å². The van der Waals surface area contributed by atoms with Crippen molar-refractivity contribution in [1.29, 1.82) is 0 Å². The van der Waals surface area contributed by atoms with E-state index in [0.717, 1.165) is 28.0 Å². The lowest BCUT2D eigenvalue weighted by atomic mass is 10.2. The van der Waals surface area contributed by atoms with Crippen LogP contribution in [-0.2, 0) is 6.61 Å². The fourth-order valence-corrected chi connectivity index (χ4v) is 2.64. The number of furan rings is 1. The van der Waals surface area contributed by atoms with Crippen LogP contribution in [0.4, 0.5) is 0 Å². The highest BCUT2D eigenvalue weighted by Gasteiger charge is 2.05. The minimum atomic E-state index is 0.377. The molecule has 7 heteroatoms. The Kier molecular flexibility index (Phi) is 5.32. The molecular formula is C17H18N4O2S. The zero-order valence-electron chi connectivity index (χ0n) is 13.5. The Bertz CT molecular complexity index is 825. The fourth-order valence-electron chi connectivity index (χ4n) is 2.05. The molecule has 1 aromatic carbocycles. The van der Waals surface area contributed by atoms with Crippen molar-refractivity contribution in [3.05, 3.63) is 59.8 Å². The first kappa shape index (κ1) is 16.3. The summed E-state index contributed by atoms with van der Waals surface area (Å²) in [4.78, 5) is 0. The summed E-state index contributed by atoms with van der Waals surface area (Å²) in [5.74, 6) is 3.16. The number of aryl methyl sites for hydroxylation is 1. The van der Waals surface area contributed by atoms with E-state index in [1.54, 1.807) is 29.0 Å². The van der Waals surface area contributed by atoms with Gasteiger partial charge in [0.15, 0.2) is 0 Å². The Morgan fingerprint density at radius 2 is 2.17 bits per heavy atom. The maximum absolute atomic E-state index is 5.77. The van der Waals surface area contributed by atoms with Crippen LogP contribution in [-0.4, -0.2) is 26.8 Å². The number of thioether (sulfide) groups is 1. The molecule has 0 saturated heterocycles. The van der Waals surface area contributed by atoms with E-state index in [0.29, 0.717) is 12.4 Å². The molecule has 0 spiro atoms. The molecule has 0 atom stereocenters. The number of benzene rings is 1. The van der Waals surface area contributed by atoms with Crippen molar-refractivity contribution in [3.63, 3.8) is 0 Å². The van der Waals surface area contributed by atoms with Crippen LogP contribution < -0.4 is 4.74 Å². The van der Waals surface area contributed by atoms with E-state index in [1.165, 1.54) is 0 Å². The quantitative estimate of drug-likeness (QED) is 0.483. The van der Waals surface area contributed by atoms with E-state index in [1.807, 2.05) is 43.3 Å². The molecule has 24 heavy (non-hydrogen) atoms. The predicted molar refractivity (Wildman–Crippen MR) is 93.6 cm³/mol. The molecule has 0 radical (unpaired) electrons. The van der Waals surface area contributed by atoms with Gasteiger partial charge in [0.05, 0.1) is 6.21 Å². The van der Waals surface area contributed by atoms with Crippen molar-refractivity contribution >= 4 is 18.0 Å². The van der Waals surface area contributed by atoms with Gasteiger partial charge in [0, 0.05) is 0 Å². The summed E-state index contributed by atoms with van der Waals surface area (Å²) in [6, 6.07) is 11.6. The summed E-state index contributed by atoms with van der Waals surface area (Å²) in [5.41, 5.74) is 1.10. The van der Waals surface area contributed by atoms with Crippen LogP contribution in [0.15, 0.2) is 57.4 Å². The third kappa shape index (κ3) is 4.05. The summed E-state index contributed by atoms with van der Waals surface area (Å²) >= 11 is 1.58. The third-order valence-electron chi connectivity index (χ3n) is 3.23. The lowest BCUT2D eigenvalue weighted by Gasteiger charge is -2.06. The predicted octanol–water partition coefficient (Wildman–Crippen LogP) is 3.75. The molecule has 0 amide bonds. The zero-order chi connectivity index (χ0) is 16.8. The maximum Gasteiger partial charge on any atom is 0.211 e. The second-order valence-corrected chi connectivity index (χ2v) is 6.23. The van der Waals surface area contributed by atoms with Crippen LogP contribution >= 0.6 is 11.8 Å². The van der Waals surface area contributed by atoms with Crippen molar-refractivity contribution < 1.29 is 9.15 Å². The van der Waals surface area contributed by atoms with Gasteiger partial charge in [-0.3, -0.25) is 0 Å². The first-order chi connectivity index (χ1) is 11.8. The smallest absolute Gasteiger partial charge is 0.211 e. The van der Waals surface area contributed by atoms with Gasteiger partial charge in [-0.15, -0.1) is 10.2 Å². The summed E-state index contributed by atoms with van der Waals surface area (Å²) in [5, 5.41) is 12.9. The molecular weight excluding hydrogens is 324 g/mol. The molecule has 2 heterocycles. The topological polar surface area (TPSA) is 65.4 Å². The van der Waals surface area contributed by atoms with Gasteiger partial charge in [-0.1, -0.05) is 36.9 Å². The highest BCUT2D eigenvalue weighted by atomic mass is 32.2. The van der Waals surface area contributed by atoms with Gasteiger partial charge in [-0.25, -0.2) is 0 Å². The van der Waals surface area contributed by atoms with Gasteiger partial charge < -0.3 is 9.15 Å². The Balaban J connectivity index is 1.62. The standard InChI is InChI=1S/C17H18N4O2S/c1-3-24-17-20-18-12-21(17)19-10-14-8-9-15(23-14)11-22-16-7-5-4-6-13(16)2/h4-10,12H,3,11H2,1-2H3/b19-10+. The van der Waals surface area contributed by atoms with Gasteiger partial charge in [0.25, 0.3) is 0 Å². The Morgan fingerprint density at radius 1 is 1.29 bits per heavy atom. The molecule has 0 unspecified atom stereocenters. The molecule has 124 valence electrons. The molecule has 0 aliphatic rings. The highest BCUT2D eigenvalue weighted by Crippen LogP contribution is 2.18. The van der Waals surface area contributed by atoms with E-state index in [-0.39, 0.29) is 0 Å². The van der Waals surface area contributed by atoms with Gasteiger partial charge >= 0.3 is 0 Å². The van der Waals surface area contributed by atoms with E-state index in [4.69, 9.17) is 9.15 Å². The molecule has 2 aromatic heterocycles. The molecule has 0 aliphatic heterocycles. The van der Waals surface area contributed by atoms with Crippen LogP contribution in [0, 0.1) is 6.92 Å². The Labute approximate surface area is 144 Å². The number of ether oxygens (including phenoxy) is 1. The molecule has 3 rings (SSSR count). The number of rotatable bonds is 7. The highest BCUT2D eigenvalue weighted by molar-refractivity contribution is 7.99. The lowest BCUT2D eigenvalue weighted by Crippen LogP contribution is -1.95. The van der Waals surface area contributed by atoms with Crippen LogP contribution in [0.5, 0.6) is 5.75 Å². The Hall–Kier alpha value is -2.54. The SMILES string of the molecule is CCSc1nncn1/N=C/c1ccc(COc2ccccc2C)o1. The summed E-state index contributed by atoms with van der Waals surface area (Å²) in [7, 11) is 0. The van der Waals surface area contributed by atoms with E-state index >= 15 is 0 Å². The molecule has 3 aromatic rings. The lowest BCUT2D eigenvalue weighted by molar-refractivity contribution is 0.268. The number of aromatic nitrogens is 3. The molecule has 0 N–H and O–H groups in total.